The zero-order chi connectivity index (χ0) is 14.5. The minimum absolute atomic E-state index is 0.246. The molecular formula is C18H31N. The summed E-state index contributed by atoms with van der Waals surface area (Å²) in [5.74, 6) is 0. The van der Waals surface area contributed by atoms with Gasteiger partial charge in [-0.1, -0.05) is 65.3 Å². The van der Waals surface area contributed by atoms with Crippen LogP contribution in [-0.2, 0) is 11.8 Å². The van der Waals surface area contributed by atoms with Crippen molar-refractivity contribution in [1.82, 2.24) is 5.32 Å². The number of hydrogen-bond donors (Lipinski definition) is 1. The molecule has 0 amide bonds. The molecule has 0 heterocycles. The van der Waals surface area contributed by atoms with E-state index in [0.717, 1.165) is 13.0 Å². The second-order valence-corrected chi connectivity index (χ2v) is 7.21. The molecule has 1 rings (SSSR count). The topological polar surface area (TPSA) is 12.0 Å². The highest BCUT2D eigenvalue weighted by Crippen LogP contribution is 2.29. The van der Waals surface area contributed by atoms with Crippen LogP contribution in [-0.4, -0.2) is 13.6 Å². The second-order valence-electron chi connectivity index (χ2n) is 7.21. The maximum atomic E-state index is 3.35. The van der Waals surface area contributed by atoms with Gasteiger partial charge in [-0.3, -0.25) is 0 Å². The van der Waals surface area contributed by atoms with E-state index in [1.54, 1.807) is 0 Å². The van der Waals surface area contributed by atoms with Gasteiger partial charge in [-0.15, -0.1) is 0 Å². The normalized spacial score (nSPS) is 15.3. The standard InChI is InChI=1S/C18H31N/c1-7-12-18(5,14-19-6)13-15-8-10-16(11-9-15)17(2,3)4/h8-11,19H,7,12-14H2,1-6H3. The summed E-state index contributed by atoms with van der Waals surface area (Å²) in [6, 6.07) is 9.20. The Balaban J connectivity index is 2.81. The molecule has 0 aliphatic rings. The zero-order valence-electron chi connectivity index (χ0n) is 13.6. The van der Waals surface area contributed by atoms with Gasteiger partial charge in [0.05, 0.1) is 0 Å². The Hall–Kier alpha value is -0.820. The summed E-state index contributed by atoms with van der Waals surface area (Å²) >= 11 is 0. The largest absolute Gasteiger partial charge is 0.319 e. The molecule has 1 nitrogen and oxygen atoms in total. The van der Waals surface area contributed by atoms with E-state index in [1.165, 1.54) is 24.0 Å². The molecule has 0 saturated carbocycles. The van der Waals surface area contributed by atoms with Gasteiger partial charge in [0.2, 0.25) is 0 Å². The van der Waals surface area contributed by atoms with Crippen LogP contribution in [0.25, 0.3) is 0 Å². The second kappa shape index (κ2) is 6.56. The molecule has 1 unspecified atom stereocenters. The van der Waals surface area contributed by atoms with Crippen LogP contribution in [0.2, 0.25) is 0 Å². The van der Waals surface area contributed by atoms with Crippen molar-refractivity contribution in [1.29, 1.82) is 0 Å². The molecule has 1 heteroatoms. The summed E-state index contributed by atoms with van der Waals surface area (Å²) in [5, 5.41) is 3.35. The highest BCUT2D eigenvalue weighted by molar-refractivity contribution is 5.28. The molecule has 0 fully saturated rings. The van der Waals surface area contributed by atoms with Gasteiger partial charge >= 0.3 is 0 Å². The lowest BCUT2D eigenvalue weighted by molar-refractivity contribution is 0.283. The SMILES string of the molecule is CCCC(C)(CNC)Cc1ccc(C(C)(C)C)cc1. The molecule has 108 valence electrons. The monoisotopic (exact) mass is 261 g/mol. The van der Waals surface area contributed by atoms with Crippen molar-refractivity contribution in [2.75, 3.05) is 13.6 Å². The quantitative estimate of drug-likeness (QED) is 0.792. The Labute approximate surface area is 119 Å². The van der Waals surface area contributed by atoms with Crippen LogP contribution in [0.4, 0.5) is 0 Å². The van der Waals surface area contributed by atoms with Gasteiger partial charge in [-0.05, 0) is 41.8 Å². The Morgan fingerprint density at radius 1 is 1.00 bits per heavy atom. The van der Waals surface area contributed by atoms with Gasteiger partial charge in [-0.2, -0.15) is 0 Å². The van der Waals surface area contributed by atoms with Gasteiger partial charge in [0.25, 0.3) is 0 Å². The van der Waals surface area contributed by atoms with Crippen molar-refractivity contribution in [3.8, 4) is 0 Å². The first-order valence-electron chi connectivity index (χ1n) is 7.55. The predicted molar refractivity (Wildman–Crippen MR) is 85.8 cm³/mol. The molecule has 0 aliphatic carbocycles. The molecule has 1 N–H and O–H groups in total. The van der Waals surface area contributed by atoms with Gasteiger partial charge < -0.3 is 5.32 Å². The van der Waals surface area contributed by atoms with Crippen LogP contribution in [0.15, 0.2) is 24.3 Å². The average Bonchev–Trinajstić information content (AvgIpc) is 2.28. The smallest absolute Gasteiger partial charge is 0.000534 e. The van der Waals surface area contributed by atoms with Gasteiger partial charge in [-0.25, -0.2) is 0 Å². The third-order valence-electron chi connectivity index (χ3n) is 3.91. The fourth-order valence-corrected chi connectivity index (χ4v) is 2.89. The molecule has 1 atom stereocenters. The highest BCUT2D eigenvalue weighted by Gasteiger charge is 2.23. The Bertz CT molecular complexity index is 364. The number of benzene rings is 1. The predicted octanol–water partition coefficient (Wildman–Crippen LogP) is 4.55. The third kappa shape index (κ3) is 4.99. The van der Waals surface area contributed by atoms with Crippen LogP contribution in [0.3, 0.4) is 0 Å². The van der Waals surface area contributed by atoms with E-state index in [9.17, 15) is 0 Å². The molecule has 19 heavy (non-hydrogen) atoms. The van der Waals surface area contributed by atoms with Crippen molar-refractivity contribution in [3.05, 3.63) is 35.4 Å². The van der Waals surface area contributed by atoms with E-state index in [-0.39, 0.29) is 5.41 Å². The first kappa shape index (κ1) is 16.2. The van der Waals surface area contributed by atoms with Crippen molar-refractivity contribution >= 4 is 0 Å². The lowest BCUT2D eigenvalue weighted by Crippen LogP contribution is -2.31. The van der Waals surface area contributed by atoms with Crippen molar-refractivity contribution in [3.63, 3.8) is 0 Å². The summed E-state index contributed by atoms with van der Waals surface area (Å²) in [5.41, 5.74) is 3.49. The highest BCUT2D eigenvalue weighted by atomic mass is 14.8. The summed E-state index contributed by atoms with van der Waals surface area (Å²) < 4.78 is 0. The van der Waals surface area contributed by atoms with E-state index in [0.29, 0.717) is 5.41 Å². The number of rotatable bonds is 6. The molecule has 0 radical (unpaired) electrons. The zero-order valence-corrected chi connectivity index (χ0v) is 13.6. The first-order valence-corrected chi connectivity index (χ1v) is 7.55. The van der Waals surface area contributed by atoms with E-state index >= 15 is 0 Å². The Morgan fingerprint density at radius 3 is 2.00 bits per heavy atom. The third-order valence-corrected chi connectivity index (χ3v) is 3.91. The first-order chi connectivity index (χ1) is 8.80. The minimum atomic E-state index is 0.246. The molecule has 0 saturated heterocycles. The Kier molecular flexibility index (Phi) is 5.61. The fraction of sp³-hybridized carbons (Fsp3) is 0.667. The summed E-state index contributed by atoms with van der Waals surface area (Å²) in [4.78, 5) is 0. The van der Waals surface area contributed by atoms with E-state index in [4.69, 9.17) is 0 Å². The van der Waals surface area contributed by atoms with Gasteiger partial charge in [0.15, 0.2) is 0 Å². The maximum absolute atomic E-state index is 3.35. The molecule has 0 spiro atoms. The lowest BCUT2D eigenvalue weighted by atomic mass is 9.79. The molecule has 1 aromatic carbocycles. The summed E-state index contributed by atoms with van der Waals surface area (Å²) in [7, 11) is 2.05. The van der Waals surface area contributed by atoms with E-state index in [1.807, 2.05) is 0 Å². The molecule has 1 aromatic rings. The lowest BCUT2D eigenvalue weighted by Gasteiger charge is -2.29. The molecule has 0 aromatic heterocycles. The molecular weight excluding hydrogens is 230 g/mol. The molecule has 0 aliphatic heterocycles. The minimum Gasteiger partial charge on any atom is -0.319 e. The van der Waals surface area contributed by atoms with Crippen molar-refractivity contribution in [2.45, 2.75) is 59.3 Å². The van der Waals surface area contributed by atoms with E-state index in [2.05, 4.69) is 71.2 Å². The summed E-state index contributed by atoms with van der Waals surface area (Å²) in [6.07, 6.45) is 3.68. The van der Waals surface area contributed by atoms with Crippen LogP contribution in [0.1, 0.15) is 58.6 Å². The molecule has 0 bridgehead atoms. The van der Waals surface area contributed by atoms with Gasteiger partial charge in [0.1, 0.15) is 0 Å². The van der Waals surface area contributed by atoms with Gasteiger partial charge in [0, 0.05) is 6.54 Å². The average molecular weight is 261 g/mol. The number of hydrogen-bond acceptors (Lipinski definition) is 1. The summed E-state index contributed by atoms with van der Waals surface area (Å²) in [6.45, 7) is 12.6. The van der Waals surface area contributed by atoms with Crippen LogP contribution < -0.4 is 5.32 Å². The number of nitrogens with one attached hydrogen (secondary N) is 1. The van der Waals surface area contributed by atoms with Crippen LogP contribution in [0.5, 0.6) is 0 Å². The van der Waals surface area contributed by atoms with Crippen molar-refractivity contribution in [2.24, 2.45) is 5.41 Å². The van der Waals surface area contributed by atoms with E-state index < -0.39 is 0 Å². The Morgan fingerprint density at radius 2 is 1.58 bits per heavy atom. The van der Waals surface area contributed by atoms with Crippen LogP contribution >= 0.6 is 0 Å². The van der Waals surface area contributed by atoms with Crippen LogP contribution in [0, 0.1) is 5.41 Å². The van der Waals surface area contributed by atoms with Crippen molar-refractivity contribution < 1.29 is 0 Å². The maximum Gasteiger partial charge on any atom is 0.000534 e. The fourth-order valence-electron chi connectivity index (χ4n) is 2.89.